The van der Waals surface area contributed by atoms with Gasteiger partial charge in [-0.15, -0.1) is 0 Å². The number of nitrogens with one attached hydrogen (secondary N) is 1. The molecule has 0 radical (unpaired) electrons. The summed E-state index contributed by atoms with van der Waals surface area (Å²) in [5.74, 6) is -0.0904. The Morgan fingerprint density at radius 2 is 1.44 bits per heavy atom. The lowest BCUT2D eigenvalue weighted by Gasteiger charge is -2.47. The molecule has 0 atom stereocenters. The Labute approximate surface area is 155 Å². The highest BCUT2D eigenvalue weighted by Crippen LogP contribution is 2.38. The largest absolute Gasteiger partial charge is 0.784 e. The van der Waals surface area contributed by atoms with Crippen molar-refractivity contribution >= 4 is 5.91 Å². The summed E-state index contributed by atoms with van der Waals surface area (Å²) in [6.07, 6.45) is 14.7. The van der Waals surface area contributed by atoms with Crippen LogP contribution in [0.1, 0.15) is 98.8 Å². The van der Waals surface area contributed by atoms with E-state index < -0.39 is 11.1 Å². The smallest absolute Gasteiger partial charge is 0.248 e. The van der Waals surface area contributed by atoms with Gasteiger partial charge in [0.1, 0.15) is 0 Å². The number of carbonyl (C=O) groups excluding carboxylic acids is 1. The standard InChI is InChI=1S/C21H39N2O2/c1-6-7-8-9-10-11-12-13-14-15-16-22-19(24)18-17-20(2,3)23(25)21(18,4)5/h17H,6-16H2,1-5H3,(H,22,24)/q-1. The van der Waals surface area contributed by atoms with Gasteiger partial charge in [-0.05, 0) is 34.1 Å². The van der Waals surface area contributed by atoms with E-state index in [0.717, 1.165) is 17.9 Å². The van der Waals surface area contributed by atoms with Crippen molar-refractivity contribution in [3.8, 4) is 0 Å². The minimum Gasteiger partial charge on any atom is -0.784 e. The molecule has 0 fully saturated rings. The highest BCUT2D eigenvalue weighted by atomic mass is 16.5. The topological polar surface area (TPSA) is 55.4 Å². The van der Waals surface area contributed by atoms with Gasteiger partial charge in [0.15, 0.2) is 0 Å². The van der Waals surface area contributed by atoms with Crippen molar-refractivity contribution in [3.63, 3.8) is 0 Å². The quantitative estimate of drug-likeness (QED) is 0.484. The van der Waals surface area contributed by atoms with Gasteiger partial charge in [-0.2, -0.15) is 0 Å². The molecule has 1 N–H and O–H groups in total. The van der Waals surface area contributed by atoms with E-state index in [2.05, 4.69) is 12.2 Å². The predicted octanol–water partition coefficient (Wildman–Crippen LogP) is 5.32. The molecular formula is C21H39N2O2-. The summed E-state index contributed by atoms with van der Waals surface area (Å²) in [6.45, 7) is 10.3. The molecule has 4 nitrogen and oxygen atoms in total. The van der Waals surface area contributed by atoms with E-state index in [0.29, 0.717) is 12.1 Å². The second-order valence-electron chi connectivity index (χ2n) is 8.50. The second-order valence-corrected chi connectivity index (χ2v) is 8.50. The van der Waals surface area contributed by atoms with Gasteiger partial charge in [0.2, 0.25) is 5.91 Å². The van der Waals surface area contributed by atoms with Crippen LogP contribution in [-0.2, 0) is 4.79 Å². The average Bonchev–Trinajstić information content (AvgIpc) is 2.72. The SMILES string of the molecule is CCCCCCCCCCCCNC(=O)C1=CC(C)(C)N([O-])C1(C)C. The lowest BCUT2D eigenvalue weighted by Crippen LogP contribution is -2.48. The van der Waals surface area contributed by atoms with Gasteiger partial charge in [-0.3, -0.25) is 4.79 Å². The van der Waals surface area contributed by atoms with Gasteiger partial charge >= 0.3 is 0 Å². The molecule has 0 aliphatic carbocycles. The fourth-order valence-electron chi connectivity index (χ4n) is 3.67. The first-order valence-corrected chi connectivity index (χ1v) is 10.2. The molecule has 0 aromatic carbocycles. The Bertz CT molecular complexity index is 441. The van der Waals surface area contributed by atoms with Gasteiger partial charge < -0.3 is 15.6 Å². The summed E-state index contributed by atoms with van der Waals surface area (Å²) >= 11 is 0. The van der Waals surface area contributed by atoms with E-state index in [1.54, 1.807) is 0 Å². The molecule has 0 bridgehead atoms. The van der Waals surface area contributed by atoms with Crippen molar-refractivity contribution in [1.82, 2.24) is 10.4 Å². The van der Waals surface area contributed by atoms with Crippen molar-refractivity contribution in [2.45, 2.75) is 110 Å². The van der Waals surface area contributed by atoms with Gasteiger partial charge in [-0.1, -0.05) is 70.8 Å². The van der Waals surface area contributed by atoms with Crippen molar-refractivity contribution < 1.29 is 4.79 Å². The second kappa shape index (κ2) is 10.3. The summed E-state index contributed by atoms with van der Waals surface area (Å²) in [7, 11) is 0. The van der Waals surface area contributed by atoms with Crippen LogP contribution in [0.2, 0.25) is 0 Å². The fourth-order valence-corrected chi connectivity index (χ4v) is 3.67. The number of carbonyl (C=O) groups is 1. The van der Waals surface area contributed by atoms with Crippen LogP contribution in [0.25, 0.3) is 0 Å². The third-order valence-corrected chi connectivity index (χ3v) is 5.25. The summed E-state index contributed by atoms with van der Waals surface area (Å²) in [6, 6.07) is 0. The summed E-state index contributed by atoms with van der Waals surface area (Å²) < 4.78 is 0. The number of amides is 1. The van der Waals surface area contributed by atoms with Crippen LogP contribution in [-0.4, -0.2) is 28.6 Å². The van der Waals surface area contributed by atoms with Crippen molar-refractivity contribution in [1.29, 1.82) is 0 Å². The molecule has 1 aliphatic heterocycles. The molecule has 1 rings (SSSR count). The molecule has 1 aliphatic rings. The molecule has 0 unspecified atom stereocenters. The number of unbranched alkanes of at least 4 members (excludes halogenated alkanes) is 9. The molecule has 0 aromatic rings. The minimum atomic E-state index is -0.759. The summed E-state index contributed by atoms with van der Waals surface area (Å²) in [4.78, 5) is 12.4. The Balaban J connectivity index is 2.14. The Kier molecular flexibility index (Phi) is 9.15. The monoisotopic (exact) mass is 351 g/mol. The normalized spacial score (nSPS) is 19.0. The highest BCUT2D eigenvalue weighted by molar-refractivity contribution is 5.96. The first-order chi connectivity index (χ1) is 11.7. The zero-order chi connectivity index (χ0) is 18.9. The molecule has 0 aromatic heterocycles. The van der Waals surface area contributed by atoms with E-state index >= 15 is 0 Å². The number of rotatable bonds is 12. The van der Waals surface area contributed by atoms with Gasteiger partial charge in [0.25, 0.3) is 0 Å². The maximum Gasteiger partial charge on any atom is 0.248 e. The van der Waals surface area contributed by atoms with E-state index in [1.807, 2.05) is 33.8 Å². The average molecular weight is 352 g/mol. The van der Waals surface area contributed by atoms with Crippen LogP contribution in [0.3, 0.4) is 0 Å². The van der Waals surface area contributed by atoms with Gasteiger partial charge in [0, 0.05) is 23.2 Å². The zero-order valence-corrected chi connectivity index (χ0v) is 17.1. The zero-order valence-electron chi connectivity index (χ0n) is 17.1. The molecular weight excluding hydrogens is 312 g/mol. The molecule has 4 heteroatoms. The lowest BCUT2D eigenvalue weighted by molar-refractivity contribution is -0.118. The van der Waals surface area contributed by atoms with E-state index in [1.165, 1.54) is 51.4 Å². The number of hydrogen-bond acceptors (Lipinski definition) is 3. The van der Waals surface area contributed by atoms with E-state index in [-0.39, 0.29) is 5.91 Å². The Hall–Kier alpha value is -0.870. The predicted molar refractivity (Wildman–Crippen MR) is 106 cm³/mol. The number of hydroxylamine groups is 2. The molecule has 1 amide bonds. The molecule has 0 saturated heterocycles. The third-order valence-electron chi connectivity index (χ3n) is 5.25. The Morgan fingerprint density at radius 3 is 1.88 bits per heavy atom. The fraction of sp³-hybridized carbons (Fsp3) is 0.857. The Morgan fingerprint density at radius 1 is 0.960 bits per heavy atom. The van der Waals surface area contributed by atoms with Crippen LogP contribution in [0.4, 0.5) is 0 Å². The number of hydrogen-bond donors (Lipinski definition) is 1. The maximum absolute atomic E-state index is 12.4. The van der Waals surface area contributed by atoms with Crippen molar-refractivity contribution in [2.24, 2.45) is 0 Å². The van der Waals surface area contributed by atoms with Crippen molar-refractivity contribution in [3.05, 3.63) is 16.9 Å². The summed E-state index contributed by atoms with van der Waals surface area (Å²) in [5.41, 5.74) is -0.779. The first-order valence-electron chi connectivity index (χ1n) is 10.2. The van der Waals surface area contributed by atoms with Crippen molar-refractivity contribution in [2.75, 3.05) is 6.54 Å². The highest BCUT2D eigenvalue weighted by Gasteiger charge is 2.42. The van der Waals surface area contributed by atoms with E-state index in [4.69, 9.17) is 0 Å². The van der Waals surface area contributed by atoms with E-state index in [9.17, 15) is 10.0 Å². The molecule has 0 spiro atoms. The van der Waals surface area contributed by atoms with Gasteiger partial charge in [-0.25, -0.2) is 0 Å². The third kappa shape index (κ3) is 6.74. The van der Waals surface area contributed by atoms with Crippen LogP contribution in [0, 0.1) is 5.21 Å². The van der Waals surface area contributed by atoms with Crippen LogP contribution >= 0.6 is 0 Å². The van der Waals surface area contributed by atoms with Gasteiger partial charge in [0.05, 0.1) is 0 Å². The number of nitrogens with zero attached hydrogens (tertiary/aromatic N) is 1. The summed E-state index contributed by atoms with van der Waals surface area (Å²) in [5, 5.41) is 16.3. The molecule has 146 valence electrons. The minimum absolute atomic E-state index is 0.0904. The first kappa shape index (κ1) is 22.2. The maximum atomic E-state index is 12.4. The van der Waals surface area contributed by atoms with Crippen LogP contribution in [0.15, 0.2) is 11.6 Å². The lowest BCUT2D eigenvalue weighted by atomic mass is 9.96. The van der Waals surface area contributed by atoms with Crippen LogP contribution in [0.5, 0.6) is 0 Å². The van der Waals surface area contributed by atoms with Crippen LogP contribution < -0.4 is 5.32 Å². The molecule has 1 heterocycles. The molecule has 0 saturated carbocycles. The molecule has 25 heavy (non-hydrogen) atoms.